The zero-order valence-corrected chi connectivity index (χ0v) is 19.0. The molecule has 11 heteroatoms. The van der Waals surface area contributed by atoms with Gasteiger partial charge in [-0.1, -0.05) is 18.2 Å². The van der Waals surface area contributed by atoms with Gasteiger partial charge in [0.2, 0.25) is 0 Å². The summed E-state index contributed by atoms with van der Waals surface area (Å²) in [6.45, 7) is -0.107. The topological polar surface area (TPSA) is 117 Å². The molecule has 0 saturated heterocycles. The highest BCUT2D eigenvalue weighted by molar-refractivity contribution is 5.98. The number of halogens is 1. The molecule has 0 unspecified atom stereocenters. The molecule has 3 heterocycles. The summed E-state index contributed by atoms with van der Waals surface area (Å²) < 4.78 is 26.3. The zero-order chi connectivity index (χ0) is 24.9. The first-order valence-corrected chi connectivity index (χ1v) is 10.6. The predicted molar refractivity (Wildman–Crippen MR) is 122 cm³/mol. The van der Waals surface area contributed by atoms with Crippen molar-refractivity contribution in [3.8, 4) is 11.3 Å². The highest BCUT2D eigenvalue weighted by Crippen LogP contribution is 2.23. The van der Waals surface area contributed by atoms with Crippen molar-refractivity contribution in [3.63, 3.8) is 0 Å². The predicted octanol–water partition coefficient (Wildman–Crippen LogP) is 2.57. The molecule has 10 nitrogen and oxygen atoms in total. The largest absolute Gasteiger partial charge is 0.469 e. The van der Waals surface area contributed by atoms with Crippen molar-refractivity contribution in [3.05, 3.63) is 71.9 Å². The van der Waals surface area contributed by atoms with Crippen LogP contribution in [-0.4, -0.2) is 44.3 Å². The normalized spacial score (nSPS) is 10.8. The summed E-state index contributed by atoms with van der Waals surface area (Å²) in [5.74, 6) is -2.14. The Bertz CT molecular complexity index is 1410. The summed E-state index contributed by atoms with van der Waals surface area (Å²) in [7, 11) is 2.91. The number of benzene rings is 1. The van der Waals surface area contributed by atoms with E-state index in [1.54, 1.807) is 54.3 Å². The second kappa shape index (κ2) is 10.2. The Morgan fingerprint density at radius 3 is 2.69 bits per heavy atom. The smallest absolute Gasteiger partial charge is 0.318 e. The number of carbonyl (C=O) groups excluding carboxylic acids is 3. The SMILES string of the molecule is COC(=O)CC(=O)OCn1cc(-c2ccc3cc(C(=O)NCc4ccccc4F)n(C)c3n2)cn1. The Morgan fingerprint density at radius 2 is 1.91 bits per heavy atom. The molecule has 0 aliphatic rings. The van der Waals surface area contributed by atoms with Crippen LogP contribution in [0.15, 0.2) is 54.9 Å². The van der Waals surface area contributed by atoms with Crippen LogP contribution in [0.25, 0.3) is 22.3 Å². The number of hydrogen-bond acceptors (Lipinski definition) is 7. The van der Waals surface area contributed by atoms with E-state index in [2.05, 4.69) is 20.1 Å². The molecule has 0 spiro atoms. The summed E-state index contributed by atoms with van der Waals surface area (Å²) >= 11 is 0. The maximum absolute atomic E-state index is 13.8. The minimum Gasteiger partial charge on any atom is -0.469 e. The zero-order valence-electron chi connectivity index (χ0n) is 19.0. The molecule has 0 bridgehead atoms. The summed E-state index contributed by atoms with van der Waals surface area (Å²) in [5.41, 5.74) is 2.63. The number of esters is 2. The average molecular weight is 479 g/mol. The number of rotatable bonds is 8. The van der Waals surface area contributed by atoms with Gasteiger partial charge in [0.1, 0.15) is 23.6 Å². The monoisotopic (exact) mass is 479 g/mol. The van der Waals surface area contributed by atoms with E-state index >= 15 is 0 Å². The third kappa shape index (κ3) is 5.35. The Morgan fingerprint density at radius 1 is 1.11 bits per heavy atom. The maximum Gasteiger partial charge on any atom is 0.318 e. The first-order valence-electron chi connectivity index (χ1n) is 10.6. The van der Waals surface area contributed by atoms with Crippen LogP contribution in [0.3, 0.4) is 0 Å². The van der Waals surface area contributed by atoms with Crippen molar-refractivity contribution in [2.45, 2.75) is 19.7 Å². The molecule has 4 rings (SSSR count). The van der Waals surface area contributed by atoms with Crippen molar-refractivity contribution in [2.75, 3.05) is 7.11 Å². The van der Waals surface area contributed by atoms with Crippen LogP contribution in [0.2, 0.25) is 0 Å². The lowest BCUT2D eigenvalue weighted by Gasteiger charge is -2.07. The number of hydrogen-bond donors (Lipinski definition) is 1. The van der Waals surface area contributed by atoms with Gasteiger partial charge in [-0.25, -0.2) is 14.1 Å². The first kappa shape index (κ1) is 23.6. The summed E-state index contributed by atoms with van der Waals surface area (Å²) in [6, 6.07) is 11.6. The summed E-state index contributed by atoms with van der Waals surface area (Å²) in [4.78, 5) is 40.1. The van der Waals surface area contributed by atoms with Gasteiger partial charge in [-0.2, -0.15) is 5.10 Å². The van der Waals surface area contributed by atoms with Gasteiger partial charge in [0.25, 0.3) is 5.91 Å². The third-order valence-corrected chi connectivity index (χ3v) is 5.31. The van der Waals surface area contributed by atoms with Crippen molar-refractivity contribution in [1.29, 1.82) is 0 Å². The number of ether oxygens (including phenoxy) is 2. The Balaban J connectivity index is 1.46. The fraction of sp³-hybridized carbons (Fsp3) is 0.208. The van der Waals surface area contributed by atoms with Crippen molar-refractivity contribution in [1.82, 2.24) is 24.6 Å². The third-order valence-electron chi connectivity index (χ3n) is 5.31. The number of methoxy groups -OCH3 is 1. The van der Waals surface area contributed by atoms with E-state index in [9.17, 15) is 18.8 Å². The van der Waals surface area contributed by atoms with Gasteiger partial charge >= 0.3 is 11.9 Å². The van der Waals surface area contributed by atoms with Crippen molar-refractivity contribution in [2.24, 2.45) is 7.05 Å². The van der Waals surface area contributed by atoms with Crippen LogP contribution in [0.5, 0.6) is 0 Å². The molecular weight excluding hydrogens is 457 g/mol. The number of aryl methyl sites for hydroxylation is 1. The highest BCUT2D eigenvalue weighted by atomic mass is 19.1. The van der Waals surface area contributed by atoms with E-state index in [0.717, 1.165) is 5.39 Å². The first-order chi connectivity index (χ1) is 16.9. The number of amides is 1. The van der Waals surface area contributed by atoms with E-state index in [1.165, 1.54) is 17.9 Å². The lowest BCUT2D eigenvalue weighted by molar-refractivity contribution is -0.155. The number of fused-ring (bicyclic) bond motifs is 1. The lowest BCUT2D eigenvalue weighted by atomic mass is 10.2. The molecule has 0 aliphatic carbocycles. The second-order valence-corrected chi connectivity index (χ2v) is 7.64. The van der Waals surface area contributed by atoms with Crippen LogP contribution in [-0.2, 0) is 39.4 Å². The maximum atomic E-state index is 13.8. The molecule has 180 valence electrons. The van der Waals surface area contributed by atoms with E-state index in [1.807, 2.05) is 6.07 Å². The van der Waals surface area contributed by atoms with Gasteiger partial charge in [-0.3, -0.25) is 14.4 Å². The van der Waals surface area contributed by atoms with Crippen LogP contribution >= 0.6 is 0 Å². The average Bonchev–Trinajstić information content (AvgIpc) is 3.46. The molecule has 3 aromatic heterocycles. The molecule has 0 saturated carbocycles. The Kier molecular flexibility index (Phi) is 6.86. The summed E-state index contributed by atoms with van der Waals surface area (Å²) in [5, 5.41) is 7.64. The molecule has 1 amide bonds. The molecule has 1 aromatic carbocycles. The second-order valence-electron chi connectivity index (χ2n) is 7.64. The van der Waals surface area contributed by atoms with E-state index in [-0.39, 0.29) is 25.0 Å². The molecule has 1 N–H and O–H groups in total. The lowest BCUT2D eigenvalue weighted by Crippen LogP contribution is -2.25. The number of nitrogens with one attached hydrogen (secondary N) is 1. The molecule has 0 atom stereocenters. The van der Waals surface area contributed by atoms with Crippen molar-refractivity contribution >= 4 is 28.9 Å². The number of nitrogens with zero attached hydrogens (tertiary/aromatic N) is 4. The number of carbonyl (C=O) groups is 3. The van der Waals surface area contributed by atoms with Gasteiger partial charge in [-0.15, -0.1) is 0 Å². The number of pyridine rings is 1. The van der Waals surface area contributed by atoms with Crippen molar-refractivity contribution < 1.29 is 28.2 Å². The van der Waals surface area contributed by atoms with Gasteiger partial charge in [0, 0.05) is 36.3 Å². The Hall–Kier alpha value is -4.54. The van der Waals surface area contributed by atoms with E-state index in [4.69, 9.17) is 4.74 Å². The minimum atomic E-state index is -0.724. The Labute approximate surface area is 199 Å². The van der Waals surface area contributed by atoms with Crippen LogP contribution in [0, 0.1) is 5.82 Å². The standard InChI is InChI=1S/C24H22FN5O5/c1-29-20(24(33)26-11-16-5-3-4-6-18(16)25)9-15-7-8-19(28-23(15)29)17-12-27-30(13-17)14-35-22(32)10-21(31)34-2/h3-9,12-13H,10-11,14H2,1-2H3,(H,26,33). The van der Waals surface area contributed by atoms with Gasteiger partial charge in [0.15, 0.2) is 6.73 Å². The van der Waals surface area contributed by atoms with Gasteiger partial charge < -0.3 is 19.4 Å². The summed E-state index contributed by atoms with van der Waals surface area (Å²) in [6.07, 6.45) is 2.73. The van der Waals surface area contributed by atoms with Crippen LogP contribution in [0.4, 0.5) is 4.39 Å². The molecule has 0 radical (unpaired) electrons. The van der Waals surface area contributed by atoms with Crippen LogP contribution < -0.4 is 5.32 Å². The molecule has 4 aromatic rings. The molecule has 0 aliphatic heterocycles. The molecular formula is C24H22FN5O5. The fourth-order valence-corrected chi connectivity index (χ4v) is 3.43. The van der Waals surface area contributed by atoms with Crippen LogP contribution in [0.1, 0.15) is 22.5 Å². The minimum absolute atomic E-state index is 0.0646. The number of aromatic nitrogens is 4. The van der Waals surface area contributed by atoms with Gasteiger partial charge in [0.05, 0.1) is 19.0 Å². The molecule has 0 fully saturated rings. The fourth-order valence-electron chi connectivity index (χ4n) is 3.43. The van der Waals surface area contributed by atoms with E-state index < -0.39 is 18.4 Å². The molecule has 35 heavy (non-hydrogen) atoms. The highest BCUT2D eigenvalue weighted by Gasteiger charge is 2.16. The van der Waals surface area contributed by atoms with E-state index in [0.29, 0.717) is 28.2 Å². The quantitative estimate of drug-likeness (QED) is 0.305. The van der Waals surface area contributed by atoms with Gasteiger partial charge in [-0.05, 0) is 24.3 Å².